The van der Waals surface area contributed by atoms with Gasteiger partial charge >= 0.3 is 0 Å². The van der Waals surface area contributed by atoms with Crippen LogP contribution in [0.15, 0.2) is 205 Å². The fourth-order valence-corrected chi connectivity index (χ4v) is 9.44. The molecule has 0 saturated heterocycles. The van der Waals surface area contributed by atoms with Crippen LogP contribution in [0.4, 0.5) is 17.1 Å². The molecule has 0 atom stereocenters. The summed E-state index contributed by atoms with van der Waals surface area (Å²) in [5, 5.41) is 7.24. The number of hydrogen-bond acceptors (Lipinski definition) is 3. The summed E-state index contributed by atoms with van der Waals surface area (Å²) < 4.78 is 9.47. The molecule has 2 heterocycles. The SMILES string of the molecule is c1ccc(-c2ccc(N(c3ccc4c(c3)oc3c(-c5ccccc5)cc5ccccc5c34)c3ccc4c(c3)sc3cccc(-c5ccccc5)c34)cc2)cc1. The van der Waals surface area contributed by atoms with Gasteiger partial charge in [-0.2, -0.15) is 0 Å². The molecule has 0 N–H and O–H groups in total. The Bertz CT molecular complexity index is 3180. The third kappa shape index (κ3) is 5.32. The summed E-state index contributed by atoms with van der Waals surface area (Å²) in [5.41, 5.74) is 12.1. The van der Waals surface area contributed by atoms with Crippen LogP contribution in [-0.4, -0.2) is 0 Å². The van der Waals surface area contributed by atoms with Crippen molar-refractivity contribution >= 4 is 81.3 Å². The molecule has 0 aliphatic heterocycles. The molecule has 258 valence electrons. The maximum atomic E-state index is 6.93. The summed E-state index contributed by atoms with van der Waals surface area (Å²) in [7, 11) is 0. The Morgan fingerprint density at radius 1 is 0.364 bits per heavy atom. The molecule has 0 spiro atoms. The van der Waals surface area contributed by atoms with Crippen molar-refractivity contribution in [1.29, 1.82) is 0 Å². The second-order valence-corrected chi connectivity index (χ2v) is 15.2. The van der Waals surface area contributed by atoms with E-state index in [0.717, 1.165) is 50.1 Å². The third-order valence-electron chi connectivity index (χ3n) is 10.8. The fraction of sp³-hybridized carbons (Fsp3) is 0. The minimum absolute atomic E-state index is 0.863. The van der Waals surface area contributed by atoms with Gasteiger partial charge in [-0.05, 0) is 87.1 Å². The summed E-state index contributed by atoms with van der Waals surface area (Å²) in [6.45, 7) is 0. The molecule has 0 saturated carbocycles. The average Bonchev–Trinajstić information content (AvgIpc) is 3.83. The summed E-state index contributed by atoms with van der Waals surface area (Å²) >= 11 is 1.85. The number of benzene rings is 9. The van der Waals surface area contributed by atoms with Crippen LogP contribution >= 0.6 is 11.3 Å². The van der Waals surface area contributed by atoms with Crippen molar-refractivity contribution in [2.24, 2.45) is 0 Å². The molecule has 11 rings (SSSR count). The van der Waals surface area contributed by atoms with E-state index in [4.69, 9.17) is 4.42 Å². The Labute approximate surface area is 322 Å². The van der Waals surface area contributed by atoms with Crippen molar-refractivity contribution in [3.8, 4) is 33.4 Å². The van der Waals surface area contributed by atoms with Crippen molar-refractivity contribution < 1.29 is 4.42 Å². The van der Waals surface area contributed by atoms with Gasteiger partial charge in [-0.15, -0.1) is 11.3 Å². The monoisotopic (exact) mass is 719 g/mol. The smallest absolute Gasteiger partial charge is 0.143 e. The predicted molar refractivity (Wildman–Crippen MR) is 235 cm³/mol. The van der Waals surface area contributed by atoms with Gasteiger partial charge in [0.05, 0.1) is 0 Å². The summed E-state index contributed by atoms with van der Waals surface area (Å²) in [6, 6.07) is 71.9. The Hall–Kier alpha value is -6.94. The Morgan fingerprint density at radius 2 is 0.964 bits per heavy atom. The normalized spacial score (nSPS) is 11.6. The molecule has 0 unspecified atom stereocenters. The zero-order valence-electron chi connectivity index (χ0n) is 29.8. The average molecular weight is 720 g/mol. The van der Waals surface area contributed by atoms with Gasteiger partial charge in [-0.1, -0.05) is 146 Å². The maximum absolute atomic E-state index is 6.93. The van der Waals surface area contributed by atoms with Crippen LogP contribution in [0.5, 0.6) is 0 Å². The maximum Gasteiger partial charge on any atom is 0.143 e. The van der Waals surface area contributed by atoms with Gasteiger partial charge in [-0.3, -0.25) is 0 Å². The Morgan fingerprint density at radius 3 is 1.71 bits per heavy atom. The highest BCUT2D eigenvalue weighted by molar-refractivity contribution is 7.26. The van der Waals surface area contributed by atoms with Crippen molar-refractivity contribution in [1.82, 2.24) is 0 Å². The standard InChI is InChI=1S/C52H33NOS/c1-4-13-34(14-5-1)35-23-25-39(26-24-35)53(41-28-30-45-49(33-41)55-48-22-12-21-42(50(45)48)36-15-6-2-7-16-36)40-27-29-44-47(32-40)54-52-46(37-17-8-3-9-18-37)31-38-19-10-11-20-43(38)51(44)52/h1-33H. The molecule has 0 radical (unpaired) electrons. The summed E-state index contributed by atoms with van der Waals surface area (Å²) in [5.74, 6) is 0. The van der Waals surface area contributed by atoms with Crippen LogP contribution < -0.4 is 4.90 Å². The lowest BCUT2D eigenvalue weighted by Crippen LogP contribution is -2.09. The zero-order chi connectivity index (χ0) is 36.3. The summed E-state index contributed by atoms with van der Waals surface area (Å²) in [4.78, 5) is 2.36. The molecule has 2 aromatic heterocycles. The second kappa shape index (κ2) is 12.9. The zero-order valence-corrected chi connectivity index (χ0v) is 30.6. The van der Waals surface area contributed by atoms with Gasteiger partial charge in [0.2, 0.25) is 0 Å². The first kappa shape index (κ1) is 31.6. The molecular formula is C52H33NOS. The van der Waals surface area contributed by atoms with Crippen molar-refractivity contribution in [2.75, 3.05) is 4.90 Å². The van der Waals surface area contributed by atoms with Crippen molar-refractivity contribution in [3.05, 3.63) is 200 Å². The molecule has 0 bridgehead atoms. The Kier molecular flexibility index (Phi) is 7.39. The van der Waals surface area contributed by atoms with Crippen LogP contribution in [0.1, 0.15) is 0 Å². The highest BCUT2D eigenvalue weighted by Gasteiger charge is 2.20. The number of fused-ring (bicyclic) bond motifs is 8. The van der Waals surface area contributed by atoms with E-state index in [0.29, 0.717) is 0 Å². The number of nitrogens with zero attached hydrogens (tertiary/aromatic N) is 1. The Balaban J connectivity index is 1.11. The van der Waals surface area contributed by atoms with Crippen molar-refractivity contribution in [2.45, 2.75) is 0 Å². The van der Waals surface area contributed by atoms with E-state index >= 15 is 0 Å². The van der Waals surface area contributed by atoms with Crippen LogP contribution in [0.25, 0.3) is 86.3 Å². The molecule has 9 aromatic carbocycles. The molecule has 0 amide bonds. The quantitative estimate of drug-likeness (QED) is 0.170. The largest absolute Gasteiger partial charge is 0.455 e. The predicted octanol–water partition coefficient (Wildman–Crippen LogP) is 15.6. The van der Waals surface area contributed by atoms with Crippen LogP contribution in [0.3, 0.4) is 0 Å². The molecule has 0 aliphatic rings. The lowest BCUT2D eigenvalue weighted by Gasteiger charge is -2.26. The topological polar surface area (TPSA) is 16.4 Å². The molecule has 55 heavy (non-hydrogen) atoms. The number of anilines is 3. The van der Waals surface area contributed by atoms with E-state index in [2.05, 4.69) is 205 Å². The van der Waals surface area contributed by atoms with E-state index < -0.39 is 0 Å². The van der Waals surface area contributed by atoms with Gasteiger partial charge < -0.3 is 9.32 Å². The molecule has 0 aliphatic carbocycles. The number of furan rings is 1. The minimum atomic E-state index is 0.863. The highest BCUT2D eigenvalue weighted by Crippen LogP contribution is 2.46. The van der Waals surface area contributed by atoms with E-state index in [1.165, 1.54) is 53.2 Å². The first-order valence-corrected chi connectivity index (χ1v) is 19.5. The van der Waals surface area contributed by atoms with Gasteiger partial charge in [0.15, 0.2) is 0 Å². The number of hydrogen-bond donors (Lipinski definition) is 0. The first-order chi connectivity index (χ1) is 27.3. The van der Waals surface area contributed by atoms with Crippen LogP contribution in [-0.2, 0) is 0 Å². The first-order valence-electron chi connectivity index (χ1n) is 18.7. The molecule has 2 nitrogen and oxygen atoms in total. The molecule has 3 heteroatoms. The van der Waals surface area contributed by atoms with Gasteiger partial charge in [0.25, 0.3) is 0 Å². The van der Waals surface area contributed by atoms with E-state index in [1.807, 2.05) is 11.3 Å². The fourth-order valence-electron chi connectivity index (χ4n) is 8.28. The molecule has 0 fully saturated rings. The number of rotatable bonds is 6. The third-order valence-corrected chi connectivity index (χ3v) is 12.0. The van der Waals surface area contributed by atoms with Gasteiger partial charge in [-0.25, -0.2) is 0 Å². The second-order valence-electron chi connectivity index (χ2n) is 14.1. The van der Waals surface area contributed by atoms with Crippen molar-refractivity contribution in [3.63, 3.8) is 0 Å². The van der Waals surface area contributed by atoms with Crippen LogP contribution in [0.2, 0.25) is 0 Å². The molecule has 11 aromatic rings. The minimum Gasteiger partial charge on any atom is -0.455 e. The lowest BCUT2D eigenvalue weighted by atomic mass is 9.96. The van der Waals surface area contributed by atoms with E-state index in [1.54, 1.807) is 0 Å². The summed E-state index contributed by atoms with van der Waals surface area (Å²) in [6.07, 6.45) is 0. The molecular weight excluding hydrogens is 687 g/mol. The van der Waals surface area contributed by atoms with Crippen LogP contribution in [0, 0.1) is 0 Å². The van der Waals surface area contributed by atoms with E-state index in [-0.39, 0.29) is 0 Å². The van der Waals surface area contributed by atoms with Gasteiger partial charge in [0.1, 0.15) is 11.2 Å². The van der Waals surface area contributed by atoms with Gasteiger partial charge in [0, 0.05) is 59.6 Å². The van der Waals surface area contributed by atoms with E-state index in [9.17, 15) is 0 Å². The number of thiophene rings is 1. The lowest BCUT2D eigenvalue weighted by molar-refractivity contribution is 0.670. The highest BCUT2D eigenvalue weighted by atomic mass is 32.1.